The van der Waals surface area contributed by atoms with Gasteiger partial charge in [0, 0.05) is 11.9 Å². The van der Waals surface area contributed by atoms with E-state index in [2.05, 4.69) is 27.6 Å². The summed E-state index contributed by atoms with van der Waals surface area (Å²) in [5.74, 6) is 0.774. The molecule has 0 spiro atoms. The highest BCUT2D eigenvalue weighted by Gasteiger charge is 2.14. The van der Waals surface area contributed by atoms with Crippen LogP contribution in [0.4, 0.5) is 0 Å². The summed E-state index contributed by atoms with van der Waals surface area (Å²) in [6, 6.07) is 8.19. The van der Waals surface area contributed by atoms with E-state index in [4.69, 9.17) is 4.98 Å². The Morgan fingerprint density at radius 3 is 2.83 bits per heavy atom. The Bertz CT molecular complexity index is 486. The number of nitrogens with one attached hydrogen (secondary N) is 2. The van der Waals surface area contributed by atoms with E-state index in [1.54, 1.807) is 6.20 Å². The molecule has 0 saturated carbocycles. The van der Waals surface area contributed by atoms with Crippen molar-refractivity contribution >= 4 is 0 Å². The van der Waals surface area contributed by atoms with Gasteiger partial charge in [-0.3, -0.25) is 10.1 Å². The summed E-state index contributed by atoms with van der Waals surface area (Å²) < 4.78 is 0. The molecule has 0 atom stereocenters. The molecule has 2 aromatic rings. The molecule has 94 valence electrons. The Hall–Kier alpha value is -1.68. The number of aromatic amines is 1. The fourth-order valence-corrected chi connectivity index (χ4v) is 2.52. The second-order valence-electron chi connectivity index (χ2n) is 4.88. The van der Waals surface area contributed by atoms with Gasteiger partial charge in [-0.05, 0) is 56.5 Å². The molecule has 18 heavy (non-hydrogen) atoms. The van der Waals surface area contributed by atoms with Crippen LogP contribution in [0.25, 0.3) is 11.4 Å². The number of H-pyrrole nitrogens is 1. The molecule has 1 saturated heterocycles. The van der Waals surface area contributed by atoms with Crippen molar-refractivity contribution in [3.63, 3.8) is 0 Å². The molecular weight excluding hydrogens is 224 g/mol. The number of nitrogens with zero attached hydrogens (tertiary/aromatic N) is 2. The normalized spacial score (nSPS) is 16.9. The maximum atomic E-state index is 4.72. The minimum Gasteiger partial charge on any atom is -0.317 e. The zero-order chi connectivity index (χ0) is 12.2. The standard InChI is InChI=1S/C14H18N4/c1-2-12(10-11-4-7-15-8-5-11)17-13(3-1)14-6-9-16-18-14/h1-3,6,9,11,15H,4-5,7-8,10H2,(H,16,18). The van der Waals surface area contributed by atoms with E-state index < -0.39 is 0 Å². The number of pyridine rings is 1. The number of aromatic nitrogens is 3. The molecule has 0 aliphatic carbocycles. The summed E-state index contributed by atoms with van der Waals surface area (Å²) in [6.07, 6.45) is 5.37. The van der Waals surface area contributed by atoms with E-state index in [1.807, 2.05) is 12.1 Å². The van der Waals surface area contributed by atoms with Crippen LogP contribution in [-0.4, -0.2) is 28.3 Å². The van der Waals surface area contributed by atoms with Gasteiger partial charge in [0.25, 0.3) is 0 Å². The smallest absolute Gasteiger partial charge is 0.0883 e. The van der Waals surface area contributed by atoms with Gasteiger partial charge < -0.3 is 5.32 Å². The number of hydrogen-bond acceptors (Lipinski definition) is 3. The predicted octanol–water partition coefficient (Wildman–Crippen LogP) is 2.01. The zero-order valence-corrected chi connectivity index (χ0v) is 10.4. The highest BCUT2D eigenvalue weighted by Crippen LogP contribution is 2.19. The van der Waals surface area contributed by atoms with Crippen molar-refractivity contribution in [1.82, 2.24) is 20.5 Å². The van der Waals surface area contributed by atoms with E-state index in [1.165, 1.54) is 18.5 Å². The molecule has 4 nitrogen and oxygen atoms in total. The fourth-order valence-electron chi connectivity index (χ4n) is 2.52. The Morgan fingerprint density at radius 1 is 1.17 bits per heavy atom. The van der Waals surface area contributed by atoms with E-state index >= 15 is 0 Å². The Kier molecular flexibility index (Phi) is 3.37. The van der Waals surface area contributed by atoms with Crippen LogP contribution >= 0.6 is 0 Å². The molecule has 0 amide bonds. The van der Waals surface area contributed by atoms with Crippen LogP contribution in [0.1, 0.15) is 18.5 Å². The minimum absolute atomic E-state index is 0.774. The summed E-state index contributed by atoms with van der Waals surface area (Å²) in [7, 11) is 0. The summed E-state index contributed by atoms with van der Waals surface area (Å²) >= 11 is 0. The monoisotopic (exact) mass is 242 g/mol. The molecule has 0 radical (unpaired) electrons. The van der Waals surface area contributed by atoms with Crippen molar-refractivity contribution in [2.75, 3.05) is 13.1 Å². The van der Waals surface area contributed by atoms with Gasteiger partial charge >= 0.3 is 0 Å². The summed E-state index contributed by atoms with van der Waals surface area (Å²) in [5, 5.41) is 10.3. The van der Waals surface area contributed by atoms with Gasteiger partial charge in [0.15, 0.2) is 0 Å². The largest absolute Gasteiger partial charge is 0.317 e. The van der Waals surface area contributed by atoms with Crippen LogP contribution in [0.3, 0.4) is 0 Å². The van der Waals surface area contributed by atoms with Crippen LogP contribution in [0, 0.1) is 5.92 Å². The lowest BCUT2D eigenvalue weighted by molar-refractivity contribution is 0.370. The third kappa shape index (κ3) is 2.59. The molecule has 3 rings (SSSR count). The average molecular weight is 242 g/mol. The molecule has 0 aromatic carbocycles. The third-order valence-corrected chi connectivity index (χ3v) is 3.54. The van der Waals surface area contributed by atoms with Crippen molar-refractivity contribution in [2.24, 2.45) is 5.92 Å². The minimum atomic E-state index is 0.774. The lowest BCUT2D eigenvalue weighted by atomic mass is 9.93. The number of rotatable bonds is 3. The first-order valence-corrected chi connectivity index (χ1v) is 6.58. The zero-order valence-electron chi connectivity index (χ0n) is 10.4. The van der Waals surface area contributed by atoms with Gasteiger partial charge in [0.1, 0.15) is 0 Å². The third-order valence-electron chi connectivity index (χ3n) is 3.54. The topological polar surface area (TPSA) is 53.6 Å². The number of piperidine rings is 1. The van der Waals surface area contributed by atoms with Gasteiger partial charge in [-0.25, -0.2) is 0 Å². The SMILES string of the molecule is c1cc(CC2CCNCC2)nc(-c2ccn[nH]2)c1. The molecule has 1 aliphatic heterocycles. The first kappa shape index (κ1) is 11.4. The van der Waals surface area contributed by atoms with Crippen LogP contribution in [0.2, 0.25) is 0 Å². The van der Waals surface area contributed by atoms with Crippen LogP contribution < -0.4 is 5.32 Å². The fraction of sp³-hybridized carbons (Fsp3) is 0.429. The van der Waals surface area contributed by atoms with Crippen molar-refractivity contribution < 1.29 is 0 Å². The van der Waals surface area contributed by atoms with E-state index in [0.717, 1.165) is 36.8 Å². The Labute approximate surface area is 107 Å². The summed E-state index contributed by atoms with van der Waals surface area (Å²) in [4.78, 5) is 4.72. The molecule has 0 bridgehead atoms. The maximum absolute atomic E-state index is 4.72. The van der Waals surface area contributed by atoms with Crippen LogP contribution in [0.15, 0.2) is 30.5 Å². The van der Waals surface area contributed by atoms with Crippen LogP contribution in [-0.2, 0) is 6.42 Å². The molecule has 1 aliphatic rings. The Morgan fingerprint density at radius 2 is 2.06 bits per heavy atom. The second-order valence-corrected chi connectivity index (χ2v) is 4.88. The average Bonchev–Trinajstić information content (AvgIpc) is 2.94. The van der Waals surface area contributed by atoms with Crippen molar-refractivity contribution in [3.05, 3.63) is 36.2 Å². The van der Waals surface area contributed by atoms with Crippen LogP contribution in [0.5, 0.6) is 0 Å². The van der Waals surface area contributed by atoms with Gasteiger partial charge in [0.2, 0.25) is 0 Å². The van der Waals surface area contributed by atoms with Crippen molar-refractivity contribution in [3.8, 4) is 11.4 Å². The lowest BCUT2D eigenvalue weighted by Crippen LogP contribution is -2.28. The van der Waals surface area contributed by atoms with E-state index in [9.17, 15) is 0 Å². The molecule has 4 heteroatoms. The quantitative estimate of drug-likeness (QED) is 0.865. The first-order valence-electron chi connectivity index (χ1n) is 6.58. The lowest BCUT2D eigenvalue weighted by Gasteiger charge is -2.22. The van der Waals surface area contributed by atoms with Gasteiger partial charge in [-0.1, -0.05) is 6.07 Å². The molecule has 3 heterocycles. The second kappa shape index (κ2) is 5.31. The van der Waals surface area contributed by atoms with Gasteiger partial charge in [-0.2, -0.15) is 5.10 Å². The van der Waals surface area contributed by atoms with E-state index in [-0.39, 0.29) is 0 Å². The molecule has 2 N–H and O–H groups in total. The van der Waals surface area contributed by atoms with E-state index in [0.29, 0.717) is 0 Å². The maximum Gasteiger partial charge on any atom is 0.0883 e. The Balaban J connectivity index is 1.74. The summed E-state index contributed by atoms with van der Waals surface area (Å²) in [5.41, 5.74) is 3.16. The predicted molar refractivity (Wildman–Crippen MR) is 71.1 cm³/mol. The number of hydrogen-bond donors (Lipinski definition) is 2. The van der Waals surface area contributed by atoms with Gasteiger partial charge in [0.05, 0.1) is 11.4 Å². The summed E-state index contributed by atoms with van der Waals surface area (Å²) in [6.45, 7) is 2.29. The van der Waals surface area contributed by atoms with Gasteiger partial charge in [-0.15, -0.1) is 0 Å². The molecule has 1 fully saturated rings. The highest BCUT2D eigenvalue weighted by molar-refractivity contribution is 5.53. The van der Waals surface area contributed by atoms with Crippen molar-refractivity contribution in [2.45, 2.75) is 19.3 Å². The van der Waals surface area contributed by atoms with Crippen molar-refractivity contribution in [1.29, 1.82) is 0 Å². The first-order chi connectivity index (χ1) is 8.92. The molecule has 0 unspecified atom stereocenters. The molecular formula is C14H18N4. The highest BCUT2D eigenvalue weighted by atomic mass is 15.1. The molecule has 2 aromatic heterocycles.